The number of benzene rings is 1. The molecule has 2 amide bonds. The predicted octanol–water partition coefficient (Wildman–Crippen LogP) is 3.02. The molecule has 2 aromatic heterocycles. The lowest BCUT2D eigenvalue weighted by molar-refractivity contribution is -0.134. The summed E-state index contributed by atoms with van der Waals surface area (Å²) in [5, 5.41) is 0. The molecule has 4 rings (SSSR count). The van der Waals surface area contributed by atoms with Gasteiger partial charge in [0.05, 0.1) is 17.8 Å². The molecule has 1 fully saturated rings. The molecule has 2 N–H and O–H groups in total. The van der Waals surface area contributed by atoms with E-state index in [0.29, 0.717) is 37.2 Å². The Labute approximate surface area is 174 Å². The van der Waals surface area contributed by atoms with Gasteiger partial charge in [0.25, 0.3) is 0 Å². The number of likely N-dealkylation sites (tertiary alicyclic amines) is 1. The Morgan fingerprint density at radius 2 is 1.90 bits per heavy atom. The lowest BCUT2D eigenvalue weighted by Crippen LogP contribution is -2.42. The standard InChI is InChI=1S/C23H25FN4O2/c1-14-3-6-20-26-22(17-4-5-18(24)15(2)11-17)19(28(20)13-14)12-21(29)27-9-7-16(8-10-27)23(25)30/h3-6,11,13,16H,7-10,12H2,1-2H3,(H2,25,30). The normalized spacial score (nSPS) is 15.0. The molecule has 3 aromatic rings. The molecule has 0 spiro atoms. The van der Waals surface area contributed by atoms with Gasteiger partial charge in [-0.05, 0) is 62.1 Å². The summed E-state index contributed by atoms with van der Waals surface area (Å²) >= 11 is 0. The number of carbonyl (C=O) groups is 2. The Bertz CT molecular complexity index is 1130. The molecule has 0 bridgehead atoms. The van der Waals surface area contributed by atoms with E-state index in [-0.39, 0.29) is 30.0 Å². The Kier molecular flexibility index (Phi) is 5.28. The SMILES string of the molecule is Cc1ccc2nc(-c3ccc(F)c(C)c3)c(CC(=O)N3CCC(C(N)=O)CC3)n2c1. The van der Waals surface area contributed by atoms with Gasteiger partial charge in [0.1, 0.15) is 11.5 Å². The van der Waals surface area contributed by atoms with Crippen LogP contribution in [0.15, 0.2) is 36.5 Å². The number of piperidine rings is 1. The molecule has 6 nitrogen and oxygen atoms in total. The first-order valence-electron chi connectivity index (χ1n) is 10.1. The van der Waals surface area contributed by atoms with Crippen molar-refractivity contribution in [1.82, 2.24) is 14.3 Å². The van der Waals surface area contributed by atoms with Crippen molar-refractivity contribution in [2.75, 3.05) is 13.1 Å². The van der Waals surface area contributed by atoms with E-state index in [1.807, 2.05) is 29.7 Å². The summed E-state index contributed by atoms with van der Waals surface area (Å²) in [6, 6.07) is 8.78. The van der Waals surface area contributed by atoms with Crippen molar-refractivity contribution < 1.29 is 14.0 Å². The first-order chi connectivity index (χ1) is 14.3. The lowest BCUT2D eigenvalue weighted by atomic mass is 9.96. The fourth-order valence-corrected chi connectivity index (χ4v) is 4.06. The minimum atomic E-state index is -0.298. The lowest BCUT2D eigenvalue weighted by Gasteiger charge is -2.30. The number of primary amides is 1. The van der Waals surface area contributed by atoms with E-state index in [1.165, 1.54) is 6.07 Å². The number of carbonyl (C=O) groups excluding carboxylic acids is 2. The van der Waals surface area contributed by atoms with E-state index < -0.39 is 0 Å². The Morgan fingerprint density at radius 1 is 1.17 bits per heavy atom. The zero-order valence-corrected chi connectivity index (χ0v) is 17.2. The maximum atomic E-state index is 13.8. The van der Waals surface area contributed by atoms with Crippen LogP contribution in [0.2, 0.25) is 0 Å². The van der Waals surface area contributed by atoms with Gasteiger partial charge in [-0.25, -0.2) is 9.37 Å². The first kappa shape index (κ1) is 20.1. The number of hydrogen-bond donors (Lipinski definition) is 1. The van der Waals surface area contributed by atoms with Crippen molar-refractivity contribution in [2.24, 2.45) is 11.7 Å². The van der Waals surface area contributed by atoms with Gasteiger partial charge in [-0.1, -0.05) is 6.07 Å². The molecule has 0 radical (unpaired) electrons. The minimum Gasteiger partial charge on any atom is -0.369 e. The van der Waals surface area contributed by atoms with E-state index in [4.69, 9.17) is 10.7 Å². The monoisotopic (exact) mass is 408 g/mol. The molecule has 1 saturated heterocycles. The summed E-state index contributed by atoms with van der Waals surface area (Å²) in [6.45, 7) is 4.74. The van der Waals surface area contributed by atoms with Gasteiger partial charge in [-0.2, -0.15) is 0 Å². The number of rotatable bonds is 4. The van der Waals surface area contributed by atoms with E-state index in [1.54, 1.807) is 24.0 Å². The van der Waals surface area contributed by atoms with Crippen LogP contribution >= 0.6 is 0 Å². The van der Waals surface area contributed by atoms with Crippen LogP contribution in [0, 0.1) is 25.6 Å². The topological polar surface area (TPSA) is 80.7 Å². The molecule has 0 unspecified atom stereocenters. The molecule has 1 aliphatic rings. The maximum absolute atomic E-state index is 13.8. The van der Waals surface area contributed by atoms with Crippen molar-refractivity contribution in [3.8, 4) is 11.3 Å². The fourth-order valence-electron chi connectivity index (χ4n) is 4.06. The number of hydrogen-bond acceptors (Lipinski definition) is 3. The number of nitrogens with two attached hydrogens (primary N) is 1. The zero-order valence-electron chi connectivity index (χ0n) is 17.2. The number of pyridine rings is 1. The number of aromatic nitrogens is 2. The van der Waals surface area contributed by atoms with Gasteiger partial charge in [0.15, 0.2) is 0 Å². The second kappa shape index (κ2) is 7.89. The molecule has 0 saturated carbocycles. The second-order valence-electron chi connectivity index (χ2n) is 8.04. The number of amides is 2. The summed E-state index contributed by atoms with van der Waals surface area (Å²) in [6.07, 6.45) is 3.33. The third-order valence-corrected chi connectivity index (χ3v) is 5.87. The molecular formula is C23H25FN4O2. The average molecular weight is 408 g/mol. The second-order valence-corrected chi connectivity index (χ2v) is 8.04. The van der Waals surface area contributed by atoms with E-state index in [0.717, 1.165) is 22.5 Å². The van der Waals surface area contributed by atoms with Crippen molar-refractivity contribution >= 4 is 17.5 Å². The van der Waals surface area contributed by atoms with Crippen molar-refractivity contribution in [3.05, 3.63) is 59.2 Å². The van der Waals surface area contributed by atoms with Crippen LogP contribution in [-0.2, 0) is 16.0 Å². The number of nitrogens with zero attached hydrogens (tertiary/aromatic N) is 3. The third kappa shape index (κ3) is 3.79. The molecule has 3 heterocycles. The summed E-state index contributed by atoms with van der Waals surface area (Å²) in [7, 11) is 0. The highest BCUT2D eigenvalue weighted by atomic mass is 19.1. The van der Waals surface area contributed by atoms with Gasteiger partial charge >= 0.3 is 0 Å². The Morgan fingerprint density at radius 3 is 2.57 bits per heavy atom. The molecule has 30 heavy (non-hydrogen) atoms. The number of imidazole rings is 1. The van der Waals surface area contributed by atoms with Crippen LogP contribution in [0.3, 0.4) is 0 Å². The molecule has 1 aromatic carbocycles. The van der Waals surface area contributed by atoms with Gasteiger partial charge < -0.3 is 15.0 Å². The molecule has 1 aliphatic heterocycles. The van der Waals surface area contributed by atoms with Crippen LogP contribution in [0.5, 0.6) is 0 Å². The van der Waals surface area contributed by atoms with Crippen LogP contribution in [-0.4, -0.2) is 39.2 Å². The zero-order chi connectivity index (χ0) is 21.4. The van der Waals surface area contributed by atoms with Crippen LogP contribution in [0.25, 0.3) is 16.9 Å². The van der Waals surface area contributed by atoms with Crippen LogP contribution in [0.4, 0.5) is 4.39 Å². The van der Waals surface area contributed by atoms with Crippen molar-refractivity contribution in [2.45, 2.75) is 33.1 Å². The van der Waals surface area contributed by atoms with Gasteiger partial charge in [-0.3, -0.25) is 9.59 Å². The third-order valence-electron chi connectivity index (χ3n) is 5.87. The number of fused-ring (bicyclic) bond motifs is 1. The highest BCUT2D eigenvalue weighted by Crippen LogP contribution is 2.28. The molecule has 0 aliphatic carbocycles. The summed E-state index contributed by atoms with van der Waals surface area (Å²) < 4.78 is 15.7. The molecule has 7 heteroatoms. The summed E-state index contributed by atoms with van der Waals surface area (Å²) in [5.74, 6) is -0.742. The van der Waals surface area contributed by atoms with Gasteiger partial charge in [-0.15, -0.1) is 0 Å². The quantitative estimate of drug-likeness (QED) is 0.721. The summed E-state index contributed by atoms with van der Waals surface area (Å²) in [4.78, 5) is 31.0. The van der Waals surface area contributed by atoms with Crippen molar-refractivity contribution in [1.29, 1.82) is 0 Å². The van der Waals surface area contributed by atoms with Crippen LogP contribution in [0.1, 0.15) is 29.7 Å². The predicted molar refractivity (Wildman–Crippen MR) is 112 cm³/mol. The van der Waals surface area contributed by atoms with E-state index in [9.17, 15) is 14.0 Å². The highest BCUT2D eigenvalue weighted by molar-refractivity contribution is 5.82. The van der Waals surface area contributed by atoms with Crippen molar-refractivity contribution in [3.63, 3.8) is 0 Å². The smallest absolute Gasteiger partial charge is 0.228 e. The maximum Gasteiger partial charge on any atom is 0.228 e. The van der Waals surface area contributed by atoms with E-state index in [2.05, 4.69) is 0 Å². The first-order valence-corrected chi connectivity index (χ1v) is 10.1. The number of aryl methyl sites for hydroxylation is 2. The van der Waals surface area contributed by atoms with Crippen LogP contribution < -0.4 is 5.73 Å². The fraction of sp³-hybridized carbons (Fsp3) is 0.348. The molecule has 156 valence electrons. The van der Waals surface area contributed by atoms with Gasteiger partial charge in [0.2, 0.25) is 11.8 Å². The Hall–Kier alpha value is -3.22. The van der Waals surface area contributed by atoms with Gasteiger partial charge in [0, 0.05) is 30.8 Å². The average Bonchev–Trinajstić information content (AvgIpc) is 3.07. The molecular weight excluding hydrogens is 383 g/mol. The highest BCUT2D eigenvalue weighted by Gasteiger charge is 2.27. The summed E-state index contributed by atoms with van der Waals surface area (Å²) in [5.41, 5.74) is 9.98. The molecule has 0 atom stereocenters. The minimum absolute atomic E-state index is 0.0127. The van der Waals surface area contributed by atoms with E-state index >= 15 is 0 Å². The Balaban J connectivity index is 1.68. The largest absolute Gasteiger partial charge is 0.369 e. The number of halogens is 1.